The number of allylic oxidation sites excluding steroid dienone is 1. The van der Waals surface area contributed by atoms with Gasteiger partial charge >= 0.3 is 16.4 Å². The number of hydrogen-bond acceptors (Lipinski definition) is 5. The SMILES string of the molecule is CC/C=C(\C)C(=O)O.CN(C)C.COS(=O)(=O)O. The van der Waals surface area contributed by atoms with E-state index >= 15 is 0 Å². The van der Waals surface area contributed by atoms with Crippen molar-refractivity contribution in [2.24, 2.45) is 0 Å². The predicted molar refractivity (Wildman–Crippen MR) is 69.9 cm³/mol. The van der Waals surface area contributed by atoms with Gasteiger partial charge in [-0.1, -0.05) is 13.0 Å². The highest BCUT2D eigenvalue weighted by molar-refractivity contribution is 7.80. The summed E-state index contributed by atoms with van der Waals surface area (Å²) in [6, 6.07) is 0. The summed E-state index contributed by atoms with van der Waals surface area (Å²) in [6.07, 6.45) is 2.47. The molecule has 2 N–H and O–H groups in total. The molecule has 0 saturated heterocycles. The predicted octanol–water partition coefficient (Wildman–Crippen LogP) is 1.04. The number of nitrogens with zero attached hydrogens (tertiary/aromatic N) is 1. The van der Waals surface area contributed by atoms with E-state index in [1.807, 2.05) is 33.0 Å². The Morgan fingerprint density at radius 2 is 1.61 bits per heavy atom. The Hall–Kier alpha value is -0.960. The molecule has 0 aromatic rings. The molecule has 0 amide bonds. The Morgan fingerprint density at radius 3 is 1.67 bits per heavy atom. The van der Waals surface area contributed by atoms with E-state index < -0.39 is 16.4 Å². The van der Waals surface area contributed by atoms with Crippen LogP contribution < -0.4 is 0 Å². The lowest BCUT2D eigenvalue weighted by molar-refractivity contribution is -0.132. The average Bonchev–Trinajstić information content (AvgIpc) is 2.17. The quantitative estimate of drug-likeness (QED) is 0.589. The van der Waals surface area contributed by atoms with Crippen LogP contribution in [0.5, 0.6) is 0 Å². The van der Waals surface area contributed by atoms with Gasteiger partial charge in [0, 0.05) is 5.57 Å². The molecular formula is C10H23NO6S. The van der Waals surface area contributed by atoms with Crippen LogP contribution >= 0.6 is 0 Å². The van der Waals surface area contributed by atoms with E-state index in [0.29, 0.717) is 5.57 Å². The maximum absolute atomic E-state index is 10.0. The van der Waals surface area contributed by atoms with E-state index in [1.165, 1.54) is 0 Å². The van der Waals surface area contributed by atoms with Crippen LogP contribution in [0.25, 0.3) is 0 Å². The molecule has 18 heavy (non-hydrogen) atoms. The zero-order valence-electron chi connectivity index (χ0n) is 11.7. The van der Waals surface area contributed by atoms with Crippen LogP contribution in [0.4, 0.5) is 0 Å². The second-order valence-electron chi connectivity index (χ2n) is 3.54. The molecule has 7 nitrogen and oxygen atoms in total. The highest BCUT2D eigenvalue weighted by atomic mass is 32.3. The molecule has 0 aliphatic rings. The van der Waals surface area contributed by atoms with Gasteiger partial charge < -0.3 is 10.0 Å². The molecule has 0 aromatic carbocycles. The smallest absolute Gasteiger partial charge is 0.397 e. The van der Waals surface area contributed by atoms with Crippen molar-refractivity contribution in [2.45, 2.75) is 20.3 Å². The molecule has 0 heterocycles. The lowest BCUT2D eigenvalue weighted by atomic mass is 10.2. The van der Waals surface area contributed by atoms with Crippen molar-refractivity contribution < 1.29 is 27.1 Å². The van der Waals surface area contributed by atoms with Crippen LogP contribution in [0.2, 0.25) is 0 Å². The van der Waals surface area contributed by atoms with E-state index in [-0.39, 0.29) is 0 Å². The van der Waals surface area contributed by atoms with Crippen LogP contribution in [-0.4, -0.2) is 57.2 Å². The number of carboxylic acid groups (broad SMARTS) is 1. The molecule has 0 rings (SSSR count). The van der Waals surface area contributed by atoms with Gasteiger partial charge in [0.15, 0.2) is 0 Å². The highest BCUT2D eigenvalue weighted by Crippen LogP contribution is 1.92. The zero-order chi connectivity index (χ0) is 15.4. The summed E-state index contributed by atoms with van der Waals surface area (Å²) in [5.74, 6) is -0.827. The molecule has 0 radical (unpaired) electrons. The first-order valence-corrected chi connectivity index (χ1v) is 6.38. The fourth-order valence-electron chi connectivity index (χ4n) is 0.393. The van der Waals surface area contributed by atoms with Crippen LogP contribution in [0.3, 0.4) is 0 Å². The van der Waals surface area contributed by atoms with Gasteiger partial charge in [0.25, 0.3) is 0 Å². The molecule has 0 aliphatic carbocycles. The number of aliphatic carboxylic acids is 1. The summed E-state index contributed by atoms with van der Waals surface area (Å²) in [7, 11) is 2.71. The normalized spacial score (nSPS) is 11.0. The summed E-state index contributed by atoms with van der Waals surface area (Å²) in [5.41, 5.74) is 0.424. The van der Waals surface area contributed by atoms with Gasteiger partial charge in [-0.3, -0.25) is 8.74 Å². The summed E-state index contributed by atoms with van der Waals surface area (Å²) in [5, 5.41) is 8.24. The largest absolute Gasteiger partial charge is 0.478 e. The van der Waals surface area contributed by atoms with Gasteiger partial charge in [-0.25, -0.2) is 4.79 Å². The first-order chi connectivity index (χ1) is 7.97. The molecule has 0 spiro atoms. The molecule has 0 unspecified atom stereocenters. The van der Waals surface area contributed by atoms with E-state index in [0.717, 1.165) is 13.5 Å². The molecular weight excluding hydrogens is 262 g/mol. The number of carboxylic acids is 1. The topological polar surface area (TPSA) is 104 Å². The van der Waals surface area contributed by atoms with Gasteiger partial charge in [-0.05, 0) is 34.5 Å². The third-order valence-electron chi connectivity index (χ3n) is 1.06. The van der Waals surface area contributed by atoms with Gasteiger partial charge in [0.05, 0.1) is 7.11 Å². The second kappa shape index (κ2) is 12.5. The Kier molecular flexibility index (Phi) is 15.4. The van der Waals surface area contributed by atoms with Gasteiger partial charge in [-0.2, -0.15) is 8.42 Å². The number of rotatable bonds is 3. The van der Waals surface area contributed by atoms with E-state index in [2.05, 4.69) is 4.18 Å². The van der Waals surface area contributed by atoms with Gasteiger partial charge in [-0.15, -0.1) is 0 Å². The molecule has 0 fully saturated rings. The molecule has 0 bridgehead atoms. The standard InChI is InChI=1S/C6H10O2.C3H9N.CH4O4S/c1-3-4-5(2)6(7)8;1-4(2)3;1-5-6(2,3)4/h4H,3H2,1-2H3,(H,7,8);1-3H3;1H3,(H,2,3,4)/b5-4+;;. The van der Waals surface area contributed by atoms with Crippen LogP contribution in [0, 0.1) is 0 Å². The highest BCUT2D eigenvalue weighted by Gasteiger charge is 1.95. The van der Waals surface area contributed by atoms with Crippen molar-refractivity contribution in [2.75, 3.05) is 28.3 Å². The number of carbonyl (C=O) groups is 1. The Morgan fingerprint density at radius 1 is 1.33 bits per heavy atom. The van der Waals surface area contributed by atoms with Crippen LogP contribution in [0.15, 0.2) is 11.6 Å². The average molecular weight is 285 g/mol. The fraction of sp³-hybridized carbons (Fsp3) is 0.700. The molecule has 8 heteroatoms. The van der Waals surface area contributed by atoms with Crippen molar-refractivity contribution in [1.29, 1.82) is 0 Å². The third kappa shape index (κ3) is 36.3. The summed E-state index contributed by atoms with van der Waals surface area (Å²) >= 11 is 0. The summed E-state index contributed by atoms with van der Waals surface area (Å²) in [6.45, 7) is 3.50. The van der Waals surface area contributed by atoms with Crippen LogP contribution in [-0.2, 0) is 19.4 Å². The molecule has 110 valence electrons. The van der Waals surface area contributed by atoms with Crippen molar-refractivity contribution in [3.05, 3.63) is 11.6 Å². The maximum Gasteiger partial charge on any atom is 0.397 e. The summed E-state index contributed by atoms with van der Waals surface area (Å²) < 4.78 is 29.7. The minimum absolute atomic E-state index is 0.424. The molecule has 0 aromatic heterocycles. The first-order valence-electron chi connectivity index (χ1n) is 5.01. The molecule has 0 saturated carbocycles. The van der Waals surface area contributed by atoms with E-state index in [4.69, 9.17) is 9.66 Å². The van der Waals surface area contributed by atoms with Gasteiger partial charge in [0.2, 0.25) is 0 Å². The maximum atomic E-state index is 10.0. The molecule has 0 aliphatic heterocycles. The minimum Gasteiger partial charge on any atom is -0.478 e. The van der Waals surface area contributed by atoms with Crippen molar-refractivity contribution in [3.8, 4) is 0 Å². The van der Waals surface area contributed by atoms with Crippen molar-refractivity contribution >= 4 is 16.4 Å². The summed E-state index contributed by atoms with van der Waals surface area (Å²) in [4.78, 5) is 12.0. The van der Waals surface area contributed by atoms with E-state index in [1.54, 1.807) is 13.0 Å². The lowest BCUT2D eigenvalue weighted by Crippen LogP contribution is -1.99. The Bertz CT molecular complexity index is 332. The van der Waals surface area contributed by atoms with Crippen molar-refractivity contribution in [3.63, 3.8) is 0 Å². The monoisotopic (exact) mass is 285 g/mol. The zero-order valence-corrected chi connectivity index (χ0v) is 12.5. The van der Waals surface area contributed by atoms with E-state index in [9.17, 15) is 13.2 Å². The van der Waals surface area contributed by atoms with Crippen LogP contribution in [0.1, 0.15) is 20.3 Å². The fourth-order valence-corrected chi connectivity index (χ4v) is 0.393. The first kappa shape index (κ1) is 22.2. The lowest BCUT2D eigenvalue weighted by Gasteiger charge is -1.90. The Balaban J connectivity index is -0.000000200. The second-order valence-corrected chi connectivity index (χ2v) is 4.73. The van der Waals surface area contributed by atoms with Crippen molar-refractivity contribution in [1.82, 2.24) is 4.90 Å². The van der Waals surface area contributed by atoms with Gasteiger partial charge in [0.1, 0.15) is 0 Å². The minimum atomic E-state index is -4.16. The molecule has 0 atom stereocenters. The third-order valence-corrected chi connectivity index (χ3v) is 1.48. The number of hydrogen-bond donors (Lipinski definition) is 2. The Labute approximate surface area is 109 Å².